The van der Waals surface area contributed by atoms with Crippen molar-refractivity contribution >= 4 is 23.5 Å². The van der Waals surface area contributed by atoms with Crippen LogP contribution in [0.25, 0.3) is 11.3 Å². The van der Waals surface area contributed by atoms with Crippen LogP contribution in [0, 0.1) is 5.41 Å². The standard InChI is InChI=1S/C13H9ClF3N3O2/c14-8-2-1-6(13(15,16)17)5-7(8)9-3-4-10(22-9)11(21)20-12(18)19/h1-5H,(H4,18,19,20,21). The fourth-order valence-electron chi connectivity index (χ4n) is 1.68. The predicted octanol–water partition coefficient (Wildman–Crippen LogP) is 3.24. The maximum atomic E-state index is 12.7. The van der Waals surface area contributed by atoms with Gasteiger partial charge in [0.1, 0.15) is 5.76 Å². The Kier molecular flexibility index (Phi) is 4.14. The first-order valence-electron chi connectivity index (χ1n) is 5.81. The third kappa shape index (κ3) is 3.40. The third-order valence-electron chi connectivity index (χ3n) is 2.64. The third-order valence-corrected chi connectivity index (χ3v) is 2.97. The molecule has 1 aromatic carbocycles. The number of carbonyl (C=O) groups is 1. The second-order valence-corrected chi connectivity index (χ2v) is 4.63. The zero-order valence-electron chi connectivity index (χ0n) is 10.8. The topological polar surface area (TPSA) is 92.1 Å². The molecule has 0 aliphatic rings. The highest BCUT2D eigenvalue weighted by Gasteiger charge is 2.31. The lowest BCUT2D eigenvalue weighted by Gasteiger charge is -2.09. The number of benzene rings is 1. The zero-order valence-corrected chi connectivity index (χ0v) is 11.5. The van der Waals surface area contributed by atoms with Crippen LogP contribution in [-0.2, 0) is 6.18 Å². The summed E-state index contributed by atoms with van der Waals surface area (Å²) < 4.78 is 43.3. The van der Waals surface area contributed by atoms with Crippen molar-refractivity contribution < 1.29 is 22.4 Å². The van der Waals surface area contributed by atoms with E-state index in [9.17, 15) is 18.0 Å². The SMILES string of the molecule is N=C(N)NC(=O)c1ccc(-c2cc(C(F)(F)F)ccc2Cl)o1. The molecular weight excluding hydrogens is 323 g/mol. The highest BCUT2D eigenvalue weighted by atomic mass is 35.5. The molecule has 1 amide bonds. The van der Waals surface area contributed by atoms with Gasteiger partial charge in [0, 0.05) is 5.56 Å². The first kappa shape index (κ1) is 15.9. The summed E-state index contributed by atoms with van der Waals surface area (Å²) in [5.74, 6) is -1.59. The van der Waals surface area contributed by atoms with Gasteiger partial charge in [0.05, 0.1) is 10.6 Å². The van der Waals surface area contributed by atoms with Crippen molar-refractivity contribution in [2.75, 3.05) is 0 Å². The summed E-state index contributed by atoms with van der Waals surface area (Å²) in [6, 6.07) is 5.31. The normalized spacial score (nSPS) is 11.3. The van der Waals surface area contributed by atoms with Gasteiger partial charge in [-0.2, -0.15) is 13.2 Å². The fraction of sp³-hybridized carbons (Fsp3) is 0.0769. The molecule has 116 valence electrons. The quantitative estimate of drug-likeness (QED) is 0.582. The van der Waals surface area contributed by atoms with Gasteiger partial charge in [0.15, 0.2) is 11.7 Å². The minimum absolute atomic E-state index is 0.00151. The second kappa shape index (κ2) is 5.72. The number of nitrogens with two attached hydrogens (primary N) is 1. The van der Waals surface area contributed by atoms with E-state index in [-0.39, 0.29) is 22.1 Å². The summed E-state index contributed by atoms with van der Waals surface area (Å²) in [6.07, 6.45) is -4.53. The maximum Gasteiger partial charge on any atom is 0.416 e. The van der Waals surface area contributed by atoms with Crippen LogP contribution in [0.1, 0.15) is 16.1 Å². The molecule has 0 fully saturated rings. The molecule has 1 heterocycles. The Bertz CT molecular complexity index is 740. The van der Waals surface area contributed by atoms with Gasteiger partial charge in [-0.3, -0.25) is 15.5 Å². The van der Waals surface area contributed by atoms with Gasteiger partial charge in [0.25, 0.3) is 5.91 Å². The number of carbonyl (C=O) groups excluding carboxylic acids is 1. The molecular formula is C13H9ClF3N3O2. The van der Waals surface area contributed by atoms with Gasteiger partial charge in [-0.05, 0) is 30.3 Å². The lowest BCUT2D eigenvalue weighted by atomic mass is 10.1. The Balaban J connectivity index is 2.39. The summed E-state index contributed by atoms with van der Waals surface area (Å²) in [5.41, 5.74) is 4.11. The zero-order chi connectivity index (χ0) is 16.5. The lowest BCUT2D eigenvalue weighted by Crippen LogP contribution is -2.35. The van der Waals surface area contributed by atoms with E-state index in [2.05, 4.69) is 0 Å². The van der Waals surface area contributed by atoms with Crippen molar-refractivity contribution in [2.45, 2.75) is 6.18 Å². The molecule has 0 bridgehead atoms. The predicted molar refractivity (Wildman–Crippen MR) is 73.5 cm³/mol. The number of furan rings is 1. The number of hydrogen-bond donors (Lipinski definition) is 3. The second-order valence-electron chi connectivity index (χ2n) is 4.22. The summed E-state index contributed by atoms with van der Waals surface area (Å²) in [6.45, 7) is 0. The Hall–Kier alpha value is -2.48. The minimum Gasteiger partial charge on any atom is -0.451 e. The van der Waals surface area contributed by atoms with Crippen LogP contribution >= 0.6 is 11.6 Å². The van der Waals surface area contributed by atoms with Crippen molar-refractivity contribution in [1.82, 2.24) is 5.32 Å². The molecule has 0 unspecified atom stereocenters. The van der Waals surface area contributed by atoms with Crippen LogP contribution in [0.3, 0.4) is 0 Å². The van der Waals surface area contributed by atoms with E-state index in [1.165, 1.54) is 12.1 Å². The van der Waals surface area contributed by atoms with Crippen molar-refractivity contribution in [3.63, 3.8) is 0 Å². The molecule has 5 nitrogen and oxygen atoms in total. The molecule has 0 aliphatic carbocycles. The van der Waals surface area contributed by atoms with E-state index in [0.29, 0.717) is 0 Å². The number of halogens is 4. The molecule has 2 rings (SSSR count). The Morgan fingerprint density at radius 1 is 1.27 bits per heavy atom. The van der Waals surface area contributed by atoms with Crippen LogP contribution in [0.4, 0.5) is 13.2 Å². The van der Waals surface area contributed by atoms with Gasteiger partial charge in [-0.25, -0.2) is 0 Å². The van der Waals surface area contributed by atoms with Crippen molar-refractivity contribution in [2.24, 2.45) is 5.73 Å². The number of amides is 1. The Labute approximate surface area is 127 Å². The Morgan fingerprint density at radius 2 is 1.95 bits per heavy atom. The molecule has 0 atom stereocenters. The molecule has 9 heteroatoms. The van der Waals surface area contributed by atoms with Gasteiger partial charge in [0.2, 0.25) is 0 Å². The van der Waals surface area contributed by atoms with Crippen molar-refractivity contribution in [1.29, 1.82) is 5.41 Å². The van der Waals surface area contributed by atoms with E-state index in [1.807, 2.05) is 5.32 Å². The molecule has 0 saturated heterocycles. The minimum atomic E-state index is -4.53. The Morgan fingerprint density at radius 3 is 2.55 bits per heavy atom. The molecule has 22 heavy (non-hydrogen) atoms. The van der Waals surface area contributed by atoms with Crippen molar-refractivity contribution in [3.05, 3.63) is 46.7 Å². The molecule has 2 aromatic rings. The first-order valence-corrected chi connectivity index (χ1v) is 6.18. The van der Waals surface area contributed by atoms with Gasteiger partial charge in [-0.15, -0.1) is 0 Å². The van der Waals surface area contributed by atoms with Crippen LogP contribution in [0.2, 0.25) is 5.02 Å². The van der Waals surface area contributed by atoms with E-state index >= 15 is 0 Å². The van der Waals surface area contributed by atoms with E-state index in [0.717, 1.165) is 18.2 Å². The van der Waals surface area contributed by atoms with Crippen molar-refractivity contribution in [3.8, 4) is 11.3 Å². The largest absolute Gasteiger partial charge is 0.451 e. The van der Waals surface area contributed by atoms with Crippen LogP contribution < -0.4 is 11.1 Å². The highest BCUT2D eigenvalue weighted by molar-refractivity contribution is 6.33. The van der Waals surface area contributed by atoms with Gasteiger partial charge in [-0.1, -0.05) is 11.6 Å². The number of guanidine groups is 1. The molecule has 0 aliphatic heterocycles. The lowest BCUT2D eigenvalue weighted by molar-refractivity contribution is -0.137. The fourth-order valence-corrected chi connectivity index (χ4v) is 1.89. The molecule has 0 spiro atoms. The maximum absolute atomic E-state index is 12.7. The number of hydrogen-bond acceptors (Lipinski definition) is 3. The van der Waals surface area contributed by atoms with Crippen LogP contribution in [0.15, 0.2) is 34.7 Å². The molecule has 0 saturated carbocycles. The average molecular weight is 332 g/mol. The monoisotopic (exact) mass is 331 g/mol. The van der Waals surface area contributed by atoms with E-state index in [1.54, 1.807) is 0 Å². The summed E-state index contributed by atoms with van der Waals surface area (Å²) in [4.78, 5) is 11.6. The number of nitrogens with one attached hydrogen (secondary N) is 2. The molecule has 1 aromatic heterocycles. The summed E-state index contributed by atoms with van der Waals surface area (Å²) in [7, 11) is 0. The summed E-state index contributed by atoms with van der Waals surface area (Å²) in [5, 5.41) is 8.97. The first-order chi connectivity index (χ1) is 10.2. The van der Waals surface area contributed by atoms with E-state index < -0.39 is 23.6 Å². The summed E-state index contributed by atoms with van der Waals surface area (Å²) >= 11 is 5.87. The van der Waals surface area contributed by atoms with Crippen LogP contribution in [-0.4, -0.2) is 11.9 Å². The highest BCUT2D eigenvalue weighted by Crippen LogP contribution is 2.36. The van der Waals surface area contributed by atoms with Crippen LogP contribution in [0.5, 0.6) is 0 Å². The number of rotatable bonds is 2. The van der Waals surface area contributed by atoms with Gasteiger partial charge >= 0.3 is 6.18 Å². The van der Waals surface area contributed by atoms with Gasteiger partial charge < -0.3 is 10.2 Å². The smallest absolute Gasteiger partial charge is 0.416 e. The van der Waals surface area contributed by atoms with E-state index in [4.69, 9.17) is 27.2 Å². The molecule has 4 N–H and O–H groups in total. The number of alkyl halides is 3. The molecule has 0 radical (unpaired) electrons. The average Bonchev–Trinajstić information content (AvgIpc) is 2.86.